The molecule has 192 valence electrons. The summed E-state index contributed by atoms with van der Waals surface area (Å²) in [6, 6.07) is 14.4. The molecule has 36 heavy (non-hydrogen) atoms. The van der Waals surface area contributed by atoms with Crippen molar-refractivity contribution in [2.75, 3.05) is 18.6 Å². The van der Waals surface area contributed by atoms with Gasteiger partial charge in [0.15, 0.2) is 5.13 Å². The fourth-order valence-corrected chi connectivity index (χ4v) is 5.59. The number of nitrogens with zero attached hydrogens (tertiary/aromatic N) is 3. The maximum atomic E-state index is 13.8. The molecule has 1 aliphatic heterocycles. The number of aromatic nitrogens is 1. The van der Waals surface area contributed by atoms with Gasteiger partial charge in [0.1, 0.15) is 5.75 Å². The third-order valence-corrected chi connectivity index (χ3v) is 7.72. The number of ether oxygens (including phenoxy) is 1. The van der Waals surface area contributed by atoms with Crippen LogP contribution in [0.25, 0.3) is 5.70 Å². The van der Waals surface area contributed by atoms with Gasteiger partial charge in [0, 0.05) is 24.0 Å². The molecule has 1 amide bonds. The standard InChI is InChI=1S/C29H35N3O2S.CH4/c1-6-23-14-15-25(18-27(23)34-5)32(28(33)17-24-13-8-7-11-20(24)2)29-30-26(19-35-29)22(4)31-16-10-9-12-21(31)3;/h7-8,11,13-15,18-19,21H,4,6,9-10,12,16-17H2,1-3,5H3;1H4. The zero-order valence-corrected chi connectivity index (χ0v) is 22.0. The molecular weight excluding hydrogens is 466 g/mol. The van der Waals surface area contributed by atoms with Crippen LogP contribution in [0, 0.1) is 6.92 Å². The summed E-state index contributed by atoms with van der Waals surface area (Å²) >= 11 is 1.48. The second kappa shape index (κ2) is 12.2. The quantitative estimate of drug-likeness (QED) is 0.320. The van der Waals surface area contributed by atoms with Crippen molar-refractivity contribution >= 4 is 33.8 Å². The highest BCUT2D eigenvalue weighted by Crippen LogP contribution is 2.36. The topological polar surface area (TPSA) is 45.7 Å². The monoisotopic (exact) mass is 505 g/mol. The van der Waals surface area contributed by atoms with Gasteiger partial charge in [-0.2, -0.15) is 0 Å². The summed E-state index contributed by atoms with van der Waals surface area (Å²) in [6.45, 7) is 11.7. The fourth-order valence-electron chi connectivity index (χ4n) is 4.72. The third kappa shape index (κ3) is 5.81. The molecule has 1 aliphatic rings. The number of hydrogen-bond acceptors (Lipinski definition) is 5. The van der Waals surface area contributed by atoms with E-state index in [1.165, 1.54) is 30.6 Å². The van der Waals surface area contributed by atoms with E-state index in [9.17, 15) is 4.79 Å². The number of benzene rings is 2. The Kier molecular flexibility index (Phi) is 9.32. The number of anilines is 2. The number of aryl methyl sites for hydroxylation is 2. The zero-order chi connectivity index (χ0) is 24.9. The normalized spacial score (nSPS) is 15.2. The van der Waals surface area contributed by atoms with Crippen LogP contribution in [0.2, 0.25) is 0 Å². The average Bonchev–Trinajstić information content (AvgIpc) is 3.35. The van der Waals surface area contributed by atoms with Crippen LogP contribution in [0.3, 0.4) is 0 Å². The highest BCUT2D eigenvalue weighted by Gasteiger charge is 2.26. The van der Waals surface area contributed by atoms with Crippen molar-refractivity contribution < 1.29 is 9.53 Å². The van der Waals surface area contributed by atoms with Crippen molar-refractivity contribution in [3.8, 4) is 5.75 Å². The van der Waals surface area contributed by atoms with E-state index in [1.54, 1.807) is 12.0 Å². The van der Waals surface area contributed by atoms with Crippen molar-refractivity contribution in [3.63, 3.8) is 0 Å². The molecule has 5 nitrogen and oxygen atoms in total. The Hall–Kier alpha value is -3.12. The summed E-state index contributed by atoms with van der Waals surface area (Å²) in [5.41, 5.74) is 5.76. The highest BCUT2D eigenvalue weighted by molar-refractivity contribution is 7.14. The Labute approximate surface area is 220 Å². The number of likely N-dealkylation sites (tertiary alicyclic amines) is 1. The van der Waals surface area contributed by atoms with Crippen LogP contribution in [-0.2, 0) is 17.6 Å². The van der Waals surface area contributed by atoms with Gasteiger partial charge in [-0.3, -0.25) is 9.69 Å². The summed E-state index contributed by atoms with van der Waals surface area (Å²) < 4.78 is 5.64. The minimum atomic E-state index is -0.0246. The lowest BCUT2D eigenvalue weighted by atomic mass is 10.0. The molecule has 6 heteroatoms. The highest BCUT2D eigenvalue weighted by atomic mass is 32.1. The van der Waals surface area contributed by atoms with Gasteiger partial charge >= 0.3 is 0 Å². The summed E-state index contributed by atoms with van der Waals surface area (Å²) in [6.07, 6.45) is 4.75. The van der Waals surface area contributed by atoms with E-state index in [1.807, 2.05) is 54.8 Å². The first-order chi connectivity index (χ1) is 16.9. The van der Waals surface area contributed by atoms with Crippen LogP contribution in [0.4, 0.5) is 10.8 Å². The minimum absolute atomic E-state index is 0. The number of rotatable bonds is 8. The smallest absolute Gasteiger partial charge is 0.237 e. The third-order valence-electron chi connectivity index (χ3n) is 6.89. The van der Waals surface area contributed by atoms with Crippen molar-refractivity contribution in [3.05, 3.63) is 76.8 Å². The lowest BCUT2D eigenvalue weighted by Gasteiger charge is -2.36. The SMILES string of the molecule is C.C=C(c1csc(N(C(=O)Cc2ccccc2C)c2ccc(CC)c(OC)c2)n1)N1CCCCC1C. The van der Waals surface area contributed by atoms with Crippen LogP contribution in [0.1, 0.15) is 62.9 Å². The first kappa shape index (κ1) is 27.5. The molecular formula is C30H39N3O2S. The second-order valence-electron chi connectivity index (χ2n) is 9.18. The number of amides is 1. The van der Waals surface area contributed by atoms with Crippen LogP contribution < -0.4 is 9.64 Å². The predicted octanol–water partition coefficient (Wildman–Crippen LogP) is 7.41. The molecule has 4 rings (SSSR count). The van der Waals surface area contributed by atoms with E-state index in [2.05, 4.69) is 25.3 Å². The van der Waals surface area contributed by atoms with E-state index >= 15 is 0 Å². The summed E-state index contributed by atoms with van der Waals surface area (Å²) in [4.78, 5) is 22.8. The lowest BCUT2D eigenvalue weighted by Crippen LogP contribution is -2.35. The van der Waals surface area contributed by atoms with Crippen LogP contribution >= 0.6 is 11.3 Å². The molecule has 2 aromatic carbocycles. The number of thiazole rings is 1. The second-order valence-corrected chi connectivity index (χ2v) is 10.0. The summed E-state index contributed by atoms with van der Waals surface area (Å²) in [5, 5.41) is 2.67. The number of carbonyl (C=O) groups excluding carboxylic acids is 1. The molecule has 2 heterocycles. The number of piperidine rings is 1. The van der Waals surface area contributed by atoms with Gasteiger partial charge in [0.2, 0.25) is 5.91 Å². The molecule has 1 saturated heterocycles. The van der Waals surface area contributed by atoms with Gasteiger partial charge in [-0.25, -0.2) is 4.98 Å². The molecule has 1 atom stereocenters. The Balaban J connectivity index is 0.00000361. The van der Waals surface area contributed by atoms with E-state index in [4.69, 9.17) is 9.72 Å². The van der Waals surface area contributed by atoms with Crippen LogP contribution in [-0.4, -0.2) is 35.5 Å². The van der Waals surface area contributed by atoms with Crippen molar-refractivity contribution in [1.82, 2.24) is 9.88 Å². The number of carbonyl (C=O) groups is 1. The van der Waals surface area contributed by atoms with E-state index in [0.29, 0.717) is 17.6 Å². The molecule has 0 spiro atoms. The van der Waals surface area contributed by atoms with Crippen molar-refractivity contribution in [2.24, 2.45) is 0 Å². The van der Waals surface area contributed by atoms with Gasteiger partial charge in [0.05, 0.1) is 30.6 Å². The number of hydrogen-bond donors (Lipinski definition) is 0. The molecule has 1 unspecified atom stereocenters. The maximum Gasteiger partial charge on any atom is 0.237 e. The van der Waals surface area contributed by atoms with Gasteiger partial charge in [-0.05, 0) is 62.3 Å². The van der Waals surface area contributed by atoms with E-state index < -0.39 is 0 Å². The molecule has 0 bridgehead atoms. The van der Waals surface area contributed by atoms with Crippen LogP contribution in [0.15, 0.2) is 54.4 Å². The first-order valence-electron chi connectivity index (χ1n) is 12.4. The Morgan fingerprint density at radius 2 is 2.00 bits per heavy atom. The Morgan fingerprint density at radius 3 is 2.69 bits per heavy atom. The van der Waals surface area contributed by atoms with Crippen LogP contribution in [0.5, 0.6) is 5.75 Å². The number of methoxy groups -OCH3 is 1. The van der Waals surface area contributed by atoms with E-state index in [-0.39, 0.29) is 13.3 Å². The molecule has 1 aromatic heterocycles. The molecule has 0 saturated carbocycles. The van der Waals surface area contributed by atoms with Crippen molar-refractivity contribution in [2.45, 2.75) is 66.3 Å². The summed E-state index contributed by atoms with van der Waals surface area (Å²) in [7, 11) is 1.67. The fraction of sp³-hybridized carbons (Fsp3) is 0.400. The Bertz CT molecular complexity index is 1200. The molecule has 1 fully saturated rings. The molecule has 0 aliphatic carbocycles. The maximum absolute atomic E-state index is 13.8. The lowest BCUT2D eigenvalue weighted by molar-refractivity contribution is -0.117. The minimum Gasteiger partial charge on any atom is -0.496 e. The summed E-state index contributed by atoms with van der Waals surface area (Å²) in [5.74, 6) is 0.755. The molecule has 3 aromatic rings. The van der Waals surface area contributed by atoms with Gasteiger partial charge in [0.25, 0.3) is 0 Å². The largest absolute Gasteiger partial charge is 0.496 e. The zero-order valence-electron chi connectivity index (χ0n) is 21.2. The van der Waals surface area contributed by atoms with Gasteiger partial charge in [-0.15, -0.1) is 11.3 Å². The van der Waals surface area contributed by atoms with Gasteiger partial charge in [-0.1, -0.05) is 51.3 Å². The molecule has 0 radical (unpaired) electrons. The average molecular weight is 506 g/mol. The van der Waals surface area contributed by atoms with E-state index in [0.717, 1.165) is 52.5 Å². The van der Waals surface area contributed by atoms with Crippen molar-refractivity contribution in [1.29, 1.82) is 0 Å². The molecule has 0 N–H and O–H groups in total. The first-order valence-corrected chi connectivity index (χ1v) is 13.3. The predicted molar refractivity (Wildman–Crippen MR) is 152 cm³/mol. The van der Waals surface area contributed by atoms with Gasteiger partial charge < -0.3 is 9.64 Å². The Morgan fingerprint density at radius 1 is 1.22 bits per heavy atom.